The van der Waals surface area contributed by atoms with Gasteiger partial charge in [0.2, 0.25) is 5.91 Å². The van der Waals surface area contributed by atoms with Gasteiger partial charge in [0.15, 0.2) is 0 Å². The Morgan fingerprint density at radius 1 is 1.50 bits per heavy atom. The van der Waals surface area contributed by atoms with Crippen LogP contribution in [0.4, 0.5) is 5.69 Å². The zero-order chi connectivity index (χ0) is 14.5. The Morgan fingerprint density at radius 3 is 2.80 bits per heavy atom. The summed E-state index contributed by atoms with van der Waals surface area (Å²) in [7, 11) is 0. The monoisotopic (exact) mass is 272 g/mol. The number of likely N-dealkylation sites (tertiary alicyclic amines) is 1. The molecule has 1 aromatic rings. The van der Waals surface area contributed by atoms with Crippen LogP contribution >= 0.6 is 0 Å². The molecule has 2 rings (SSSR count). The molecule has 1 aliphatic rings. The second kappa shape index (κ2) is 6.40. The van der Waals surface area contributed by atoms with Gasteiger partial charge in [0.05, 0.1) is 17.8 Å². The highest BCUT2D eigenvalue weighted by atomic mass is 16.1. The average Bonchev–Trinajstić information content (AvgIpc) is 2.42. The summed E-state index contributed by atoms with van der Waals surface area (Å²) in [5.74, 6) is -0.276. The summed E-state index contributed by atoms with van der Waals surface area (Å²) in [4.78, 5) is 13.0. The van der Waals surface area contributed by atoms with Crippen molar-refractivity contribution in [2.24, 2.45) is 5.73 Å². The number of rotatable bonds is 4. The minimum absolute atomic E-state index is 0.276. The van der Waals surface area contributed by atoms with Gasteiger partial charge in [-0.2, -0.15) is 5.26 Å². The smallest absolute Gasteiger partial charge is 0.231 e. The summed E-state index contributed by atoms with van der Waals surface area (Å²) in [5.41, 5.74) is 7.91. The topological polar surface area (TPSA) is 82.2 Å². The predicted molar refractivity (Wildman–Crippen MR) is 78.2 cm³/mol. The molecule has 106 valence electrons. The molecule has 0 bridgehead atoms. The molecular weight excluding hydrogens is 252 g/mol. The first-order valence-corrected chi connectivity index (χ1v) is 6.87. The summed E-state index contributed by atoms with van der Waals surface area (Å²) in [5, 5.41) is 12.6. The van der Waals surface area contributed by atoms with E-state index >= 15 is 0 Å². The molecule has 0 radical (unpaired) electrons. The van der Waals surface area contributed by atoms with E-state index in [-0.39, 0.29) is 5.91 Å². The second-order valence-electron chi connectivity index (χ2n) is 5.27. The fraction of sp³-hybridized carbons (Fsp3) is 0.467. The molecule has 5 heteroatoms. The lowest BCUT2D eigenvalue weighted by molar-refractivity contribution is -0.119. The van der Waals surface area contributed by atoms with E-state index in [4.69, 9.17) is 11.0 Å². The van der Waals surface area contributed by atoms with Gasteiger partial charge in [-0.1, -0.05) is 12.1 Å². The van der Waals surface area contributed by atoms with Gasteiger partial charge in [-0.25, -0.2) is 0 Å². The lowest BCUT2D eigenvalue weighted by Gasteiger charge is -2.32. The van der Waals surface area contributed by atoms with Gasteiger partial charge < -0.3 is 11.1 Å². The SMILES string of the molecule is Cc1cccc(C#N)c1NC1CCN(CC(N)=O)CC1. The van der Waals surface area contributed by atoms with Gasteiger partial charge >= 0.3 is 0 Å². The van der Waals surface area contributed by atoms with Crippen molar-refractivity contribution in [1.29, 1.82) is 5.26 Å². The molecule has 1 amide bonds. The Morgan fingerprint density at radius 2 is 2.20 bits per heavy atom. The zero-order valence-corrected chi connectivity index (χ0v) is 11.7. The molecule has 0 atom stereocenters. The Bertz CT molecular complexity index is 527. The second-order valence-corrected chi connectivity index (χ2v) is 5.27. The van der Waals surface area contributed by atoms with Crippen LogP contribution in [-0.2, 0) is 4.79 Å². The Hall–Kier alpha value is -2.06. The number of nitriles is 1. The number of nitrogens with one attached hydrogen (secondary N) is 1. The normalized spacial score (nSPS) is 16.6. The van der Waals surface area contributed by atoms with Crippen molar-refractivity contribution in [2.45, 2.75) is 25.8 Å². The maximum atomic E-state index is 10.9. The maximum Gasteiger partial charge on any atom is 0.231 e. The van der Waals surface area contributed by atoms with Gasteiger partial charge in [0.1, 0.15) is 6.07 Å². The third kappa shape index (κ3) is 3.49. The third-order valence-electron chi connectivity index (χ3n) is 3.71. The molecule has 0 unspecified atom stereocenters. The van der Waals surface area contributed by atoms with Gasteiger partial charge in [-0.15, -0.1) is 0 Å². The van der Waals surface area contributed by atoms with Crippen molar-refractivity contribution in [2.75, 3.05) is 25.0 Å². The number of nitrogens with two attached hydrogens (primary N) is 1. The summed E-state index contributed by atoms with van der Waals surface area (Å²) < 4.78 is 0. The number of piperidine rings is 1. The summed E-state index contributed by atoms with van der Waals surface area (Å²) in [6, 6.07) is 8.30. The van der Waals surface area contributed by atoms with Crippen LogP contribution in [0.5, 0.6) is 0 Å². The van der Waals surface area contributed by atoms with E-state index in [9.17, 15) is 4.79 Å². The van der Waals surface area contributed by atoms with Crippen LogP contribution in [0.15, 0.2) is 18.2 Å². The maximum absolute atomic E-state index is 10.9. The number of benzene rings is 1. The van der Waals surface area contributed by atoms with E-state index < -0.39 is 0 Å². The highest BCUT2D eigenvalue weighted by molar-refractivity contribution is 5.75. The molecular formula is C15H20N4O. The van der Waals surface area contributed by atoms with E-state index in [0.717, 1.165) is 37.2 Å². The summed E-state index contributed by atoms with van der Waals surface area (Å²) in [6.45, 7) is 4.05. The highest BCUT2D eigenvalue weighted by Crippen LogP contribution is 2.23. The van der Waals surface area contributed by atoms with Crippen molar-refractivity contribution in [3.63, 3.8) is 0 Å². The molecule has 0 spiro atoms. The molecule has 5 nitrogen and oxygen atoms in total. The largest absolute Gasteiger partial charge is 0.381 e. The minimum atomic E-state index is -0.276. The minimum Gasteiger partial charge on any atom is -0.381 e. The van der Waals surface area contributed by atoms with E-state index in [1.807, 2.05) is 25.1 Å². The molecule has 0 aliphatic carbocycles. The number of para-hydroxylation sites is 1. The third-order valence-corrected chi connectivity index (χ3v) is 3.71. The summed E-state index contributed by atoms with van der Waals surface area (Å²) in [6.07, 6.45) is 1.90. The highest BCUT2D eigenvalue weighted by Gasteiger charge is 2.21. The molecule has 0 aromatic heterocycles. The van der Waals surface area contributed by atoms with Crippen LogP contribution < -0.4 is 11.1 Å². The number of carbonyl (C=O) groups is 1. The van der Waals surface area contributed by atoms with Crippen molar-refractivity contribution in [3.05, 3.63) is 29.3 Å². The van der Waals surface area contributed by atoms with E-state index in [1.165, 1.54) is 0 Å². The number of hydrogen-bond donors (Lipinski definition) is 2. The van der Waals surface area contributed by atoms with Crippen molar-refractivity contribution in [3.8, 4) is 6.07 Å². The van der Waals surface area contributed by atoms with Crippen molar-refractivity contribution in [1.82, 2.24) is 4.90 Å². The molecule has 1 saturated heterocycles. The fourth-order valence-corrected chi connectivity index (χ4v) is 2.61. The van der Waals surface area contributed by atoms with Crippen LogP contribution in [0.25, 0.3) is 0 Å². The molecule has 1 fully saturated rings. The van der Waals surface area contributed by atoms with E-state index in [1.54, 1.807) is 0 Å². The van der Waals surface area contributed by atoms with E-state index in [2.05, 4.69) is 16.3 Å². The first-order chi connectivity index (χ1) is 9.60. The van der Waals surface area contributed by atoms with Gasteiger partial charge in [-0.3, -0.25) is 9.69 Å². The number of primary amides is 1. The lowest BCUT2D eigenvalue weighted by Crippen LogP contribution is -2.43. The molecule has 1 heterocycles. The molecule has 1 aromatic carbocycles. The first kappa shape index (κ1) is 14.4. The van der Waals surface area contributed by atoms with Crippen LogP contribution in [0, 0.1) is 18.3 Å². The number of nitrogens with zero attached hydrogens (tertiary/aromatic N) is 2. The van der Waals surface area contributed by atoms with Crippen molar-refractivity contribution >= 4 is 11.6 Å². The number of hydrogen-bond acceptors (Lipinski definition) is 4. The van der Waals surface area contributed by atoms with Crippen LogP contribution in [0.1, 0.15) is 24.0 Å². The Labute approximate surface area is 119 Å². The predicted octanol–water partition coefficient (Wildman–Crippen LogP) is 1.23. The number of carbonyl (C=O) groups excluding carboxylic acids is 1. The average molecular weight is 272 g/mol. The standard InChI is InChI=1S/C15H20N4O/c1-11-3-2-4-12(9-16)15(11)18-13-5-7-19(8-6-13)10-14(17)20/h2-4,13,18H,5-8,10H2,1H3,(H2,17,20). The van der Waals surface area contributed by atoms with E-state index in [0.29, 0.717) is 18.2 Å². The van der Waals surface area contributed by atoms with Gasteiger partial charge in [0.25, 0.3) is 0 Å². The summed E-state index contributed by atoms with van der Waals surface area (Å²) >= 11 is 0. The molecule has 3 N–H and O–H groups in total. The number of anilines is 1. The number of amides is 1. The van der Waals surface area contributed by atoms with Crippen LogP contribution in [0.2, 0.25) is 0 Å². The Kier molecular flexibility index (Phi) is 4.59. The fourth-order valence-electron chi connectivity index (χ4n) is 2.61. The van der Waals surface area contributed by atoms with Gasteiger partial charge in [0, 0.05) is 19.1 Å². The number of aryl methyl sites for hydroxylation is 1. The van der Waals surface area contributed by atoms with Crippen molar-refractivity contribution < 1.29 is 4.79 Å². The van der Waals surface area contributed by atoms with Crippen LogP contribution in [0.3, 0.4) is 0 Å². The molecule has 0 saturated carbocycles. The zero-order valence-electron chi connectivity index (χ0n) is 11.7. The lowest BCUT2D eigenvalue weighted by atomic mass is 10.0. The quantitative estimate of drug-likeness (QED) is 0.863. The Balaban J connectivity index is 1.97. The molecule has 20 heavy (non-hydrogen) atoms. The van der Waals surface area contributed by atoms with Crippen LogP contribution in [-0.4, -0.2) is 36.5 Å². The molecule has 1 aliphatic heterocycles. The van der Waals surface area contributed by atoms with Gasteiger partial charge in [-0.05, 0) is 31.4 Å². The first-order valence-electron chi connectivity index (χ1n) is 6.87.